The van der Waals surface area contributed by atoms with E-state index in [2.05, 4.69) is 18.0 Å². The number of hydrogen-bond acceptors (Lipinski definition) is 3. The molecule has 0 amide bonds. The fraction of sp³-hybridized carbons (Fsp3) is 0.188. The summed E-state index contributed by atoms with van der Waals surface area (Å²) >= 11 is 4.99. The number of phenolic OH excluding ortho intramolecular Hbond substituents is 1. The maximum atomic E-state index is 9.27. The lowest BCUT2D eigenvalue weighted by molar-refractivity contribution is 0.319. The summed E-state index contributed by atoms with van der Waals surface area (Å²) in [6.45, 7) is 1.63. The number of phenols is 1. The Bertz CT molecular complexity index is 596. The molecule has 2 aromatic carbocycles. The Kier molecular flexibility index (Phi) is 4.71. The Hall–Kier alpha value is -1.91. The van der Waals surface area contributed by atoms with Crippen molar-refractivity contribution in [2.45, 2.75) is 13.1 Å². The molecule has 0 bridgehead atoms. The van der Waals surface area contributed by atoms with Crippen LogP contribution in [0, 0.1) is 0 Å². The van der Waals surface area contributed by atoms with E-state index in [-0.39, 0.29) is 0 Å². The molecule has 20 heavy (non-hydrogen) atoms. The van der Waals surface area contributed by atoms with Crippen molar-refractivity contribution in [1.29, 1.82) is 0 Å². The zero-order valence-electron chi connectivity index (χ0n) is 11.4. The summed E-state index contributed by atoms with van der Waals surface area (Å²) < 4.78 is 0. The number of benzene rings is 2. The van der Waals surface area contributed by atoms with Gasteiger partial charge in [-0.15, -0.1) is 0 Å². The van der Waals surface area contributed by atoms with Gasteiger partial charge in [0, 0.05) is 18.7 Å². The molecule has 0 fully saturated rings. The molecule has 0 saturated heterocycles. The van der Waals surface area contributed by atoms with Gasteiger partial charge in [-0.05, 0) is 36.4 Å². The molecule has 3 nitrogen and oxygen atoms in total. The molecule has 0 spiro atoms. The van der Waals surface area contributed by atoms with E-state index in [1.165, 1.54) is 5.56 Å². The van der Waals surface area contributed by atoms with Gasteiger partial charge in [-0.2, -0.15) is 0 Å². The molecule has 2 aromatic rings. The molecule has 104 valence electrons. The van der Waals surface area contributed by atoms with Gasteiger partial charge in [-0.3, -0.25) is 4.90 Å². The monoisotopic (exact) mass is 286 g/mol. The SMILES string of the molecule is CN(Cc1ccc(O)cc1)Cc1cccc(C(N)=S)c1. The highest BCUT2D eigenvalue weighted by Crippen LogP contribution is 2.13. The third-order valence-corrected chi connectivity index (χ3v) is 3.29. The summed E-state index contributed by atoms with van der Waals surface area (Å²) in [5.41, 5.74) is 8.88. The van der Waals surface area contributed by atoms with Gasteiger partial charge in [-0.25, -0.2) is 0 Å². The van der Waals surface area contributed by atoms with Crippen LogP contribution in [0.5, 0.6) is 5.75 Å². The van der Waals surface area contributed by atoms with E-state index in [1.54, 1.807) is 12.1 Å². The highest BCUT2D eigenvalue weighted by Gasteiger charge is 2.04. The molecule has 0 saturated carbocycles. The predicted molar refractivity (Wildman–Crippen MR) is 85.6 cm³/mol. The van der Waals surface area contributed by atoms with Crippen LogP contribution < -0.4 is 5.73 Å². The first-order valence-electron chi connectivity index (χ1n) is 6.40. The van der Waals surface area contributed by atoms with Crippen LogP contribution in [0.3, 0.4) is 0 Å². The second-order valence-electron chi connectivity index (χ2n) is 4.90. The van der Waals surface area contributed by atoms with E-state index in [1.807, 2.05) is 30.3 Å². The van der Waals surface area contributed by atoms with Gasteiger partial charge < -0.3 is 10.8 Å². The molecule has 0 aliphatic rings. The van der Waals surface area contributed by atoms with Crippen molar-refractivity contribution in [3.63, 3.8) is 0 Å². The van der Waals surface area contributed by atoms with E-state index < -0.39 is 0 Å². The first kappa shape index (κ1) is 14.5. The van der Waals surface area contributed by atoms with E-state index in [0.29, 0.717) is 10.7 Å². The average molecular weight is 286 g/mol. The van der Waals surface area contributed by atoms with Crippen LogP contribution >= 0.6 is 12.2 Å². The summed E-state index contributed by atoms with van der Waals surface area (Å²) in [7, 11) is 2.06. The average Bonchev–Trinajstić information content (AvgIpc) is 2.41. The van der Waals surface area contributed by atoms with E-state index in [0.717, 1.165) is 24.2 Å². The molecular formula is C16H18N2OS. The van der Waals surface area contributed by atoms with Crippen LogP contribution in [0.4, 0.5) is 0 Å². The fourth-order valence-electron chi connectivity index (χ4n) is 2.10. The van der Waals surface area contributed by atoms with Crippen molar-refractivity contribution in [3.8, 4) is 5.75 Å². The first-order chi connectivity index (χ1) is 9.54. The highest BCUT2D eigenvalue weighted by atomic mass is 32.1. The molecule has 4 heteroatoms. The van der Waals surface area contributed by atoms with Crippen LogP contribution in [-0.2, 0) is 13.1 Å². The summed E-state index contributed by atoms with van der Waals surface area (Å²) in [4.78, 5) is 2.62. The third-order valence-electron chi connectivity index (χ3n) is 3.05. The molecule has 0 aliphatic heterocycles. The molecule has 3 N–H and O–H groups in total. The minimum atomic E-state index is 0.292. The van der Waals surface area contributed by atoms with Crippen LogP contribution in [0.25, 0.3) is 0 Å². The summed E-state index contributed by atoms with van der Waals surface area (Å²) in [6.07, 6.45) is 0. The van der Waals surface area contributed by atoms with E-state index in [9.17, 15) is 5.11 Å². The minimum Gasteiger partial charge on any atom is -0.508 e. The zero-order chi connectivity index (χ0) is 14.5. The maximum Gasteiger partial charge on any atom is 0.115 e. The number of hydrogen-bond donors (Lipinski definition) is 2. The van der Waals surface area contributed by atoms with Crippen LogP contribution in [0.1, 0.15) is 16.7 Å². The van der Waals surface area contributed by atoms with Gasteiger partial charge in [0.05, 0.1) is 0 Å². The van der Waals surface area contributed by atoms with Crippen molar-refractivity contribution in [2.24, 2.45) is 5.73 Å². The number of nitrogens with two attached hydrogens (primary N) is 1. The second kappa shape index (κ2) is 6.50. The summed E-state index contributed by atoms with van der Waals surface area (Å²) in [5, 5.41) is 9.27. The highest BCUT2D eigenvalue weighted by molar-refractivity contribution is 7.80. The van der Waals surface area contributed by atoms with Crippen molar-refractivity contribution < 1.29 is 5.11 Å². The molecule has 0 radical (unpaired) electrons. The molecule has 0 aliphatic carbocycles. The largest absolute Gasteiger partial charge is 0.508 e. The molecule has 0 atom stereocenters. The number of thiocarbonyl (C=S) groups is 1. The summed E-state index contributed by atoms with van der Waals surface area (Å²) in [6, 6.07) is 15.2. The van der Waals surface area contributed by atoms with Gasteiger partial charge in [-0.1, -0.05) is 42.5 Å². The number of aromatic hydroxyl groups is 1. The topological polar surface area (TPSA) is 49.5 Å². The maximum absolute atomic E-state index is 9.27. The molecular weight excluding hydrogens is 268 g/mol. The first-order valence-corrected chi connectivity index (χ1v) is 6.80. The molecule has 0 unspecified atom stereocenters. The lowest BCUT2D eigenvalue weighted by Crippen LogP contribution is -2.18. The standard InChI is InChI=1S/C16H18N2OS/c1-18(10-12-5-7-15(19)8-6-12)11-13-3-2-4-14(9-13)16(17)20/h2-9,19H,10-11H2,1H3,(H2,17,20). The quantitative estimate of drug-likeness (QED) is 0.830. The smallest absolute Gasteiger partial charge is 0.115 e. The van der Waals surface area contributed by atoms with Gasteiger partial charge in [0.15, 0.2) is 0 Å². The van der Waals surface area contributed by atoms with E-state index in [4.69, 9.17) is 18.0 Å². The Morgan fingerprint density at radius 3 is 2.40 bits per heavy atom. The van der Waals surface area contributed by atoms with Crippen molar-refractivity contribution in [2.75, 3.05) is 7.05 Å². The lowest BCUT2D eigenvalue weighted by atomic mass is 10.1. The Morgan fingerprint density at radius 1 is 1.10 bits per heavy atom. The minimum absolute atomic E-state index is 0.292. The van der Waals surface area contributed by atoms with Gasteiger partial charge in [0.1, 0.15) is 10.7 Å². The summed E-state index contributed by atoms with van der Waals surface area (Å²) in [5.74, 6) is 0.292. The normalized spacial score (nSPS) is 10.7. The Labute approximate surface area is 124 Å². The zero-order valence-corrected chi connectivity index (χ0v) is 12.2. The van der Waals surface area contributed by atoms with Crippen LogP contribution in [-0.4, -0.2) is 22.0 Å². The van der Waals surface area contributed by atoms with Gasteiger partial charge >= 0.3 is 0 Å². The fourth-order valence-corrected chi connectivity index (χ4v) is 2.23. The van der Waals surface area contributed by atoms with Crippen LogP contribution in [0.2, 0.25) is 0 Å². The third kappa shape index (κ3) is 4.05. The molecule has 2 rings (SSSR count). The van der Waals surface area contributed by atoms with Crippen molar-refractivity contribution in [1.82, 2.24) is 4.90 Å². The van der Waals surface area contributed by atoms with Gasteiger partial charge in [0.2, 0.25) is 0 Å². The van der Waals surface area contributed by atoms with Crippen molar-refractivity contribution in [3.05, 3.63) is 65.2 Å². The number of rotatable bonds is 5. The lowest BCUT2D eigenvalue weighted by Gasteiger charge is -2.17. The Morgan fingerprint density at radius 2 is 1.75 bits per heavy atom. The number of nitrogens with zero attached hydrogens (tertiary/aromatic N) is 1. The van der Waals surface area contributed by atoms with Crippen molar-refractivity contribution >= 4 is 17.2 Å². The Balaban J connectivity index is 2.00. The molecule has 0 aromatic heterocycles. The van der Waals surface area contributed by atoms with Crippen LogP contribution in [0.15, 0.2) is 48.5 Å². The van der Waals surface area contributed by atoms with E-state index >= 15 is 0 Å². The second-order valence-corrected chi connectivity index (χ2v) is 5.34. The molecule has 0 heterocycles. The predicted octanol–water partition coefficient (Wildman–Crippen LogP) is 2.66. The van der Waals surface area contributed by atoms with Gasteiger partial charge in [0.25, 0.3) is 0 Å².